The van der Waals surface area contributed by atoms with E-state index in [1.165, 1.54) is 25.7 Å². The molecule has 0 atom stereocenters. The lowest BCUT2D eigenvalue weighted by Gasteiger charge is -1.90. The van der Waals surface area contributed by atoms with E-state index >= 15 is 0 Å². The zero-order valence-electron chi connectivity index (χ0n) is 13.8. The normalized spacial score (nSPS) is 11.3. The average molecular weight is 302 g/mol. The number of hydrogen-bond acceptors (Lipinski definition) is 1. The largest absolute Gasteiger partial charge is 0.481 e. The summed E-state index contributed by atoms with van der Waals surface area (Å²) in [6.07, 6.45) is 25.4. The molecule has 2 heteroatoms. The monoisotopic (exact) mass is 302 g/mol. The van der Waals surface area contributed by atoms with Crippen LogP contribution in [0.3, 0.4) is 0 Å². The molecule has 0 saturated carbocycles. The molecule has 0 heterocycles. The van der Waals surface area contributed by atoms with Gasteiger partial charge >= 0.3 is 5.97 Å². The fourth-order valence-electron chi connectivity index (χ4n) is 1.77. The summed E-state index contributed by atoms with van der Waals surface area (Å²) in [4.78, 5) is 10.3. The van der Waals surface area contributed by atoms with Crippen LogP contribution in [0.5, 0.6) is 0 Å². The second-order valence-corrected chi connectivity index (χ2v) is 5.18. The Morgan fingerprint density at radius 2 is 1.64 bits per heavy atom. The number of rotatable bonds is 13. The number of carboxylic acids is 1. The van der Waals surface area contributed by atoms with Crippen LogP contribution in [-0.2, 0) is 4.79 Å². The van der Waals surface area contributed by atoms with Crippen molar-refractivity contribution in [2.75, 3.05) is 0 Å². The molecule has 122 valence electrons. The Bertz CT molecular complexity index is 407. The van der Waals surface area contributed by atoms with Crippen LogP contribution in [0.25, 0.3) is 0 Å². The quantitative estimate of drug-likeness (QED) is 0.196. The van der Waals surface area contributed by atoms with Crippen molar-refractivity contribution in [3.63, 3.8) is 0 Å². The zero-order valence-corrected chi connectivity index (χ0v) is 13.8. The molecule has 0 radical (unpaired) electrons. The highest BCUT2D eigenvalue weighted by Crippen LogP contribution is 2.01. The summed E-state index contributed by atoms with van der Waals surface area (Å²) in [5.41, 5.74) is 3.02. The van der Waals surface area contributed by atoms with Gasteiger partial charge in [-0.25, -0.2) is 0 Å². The second-order valence-electron chi connectivity index (χ2n) is 5.18. The van der Waals surface area contributed by atoms with E-state index in [0.717, 1.165) is 19.3 Å². The molecule has 0 amide bonds. The van der Waals surface area contributed by atoms with Crippen LogP contribution in [0.15, 0.2) is 54.3 Å². The van der Waals surface area contributed by atoms with Gasteiger partial charge in [-0.1, -0.05) is 56.2 Å². The summed E-state index contributed by atoms with van der Waals surface area (Å²) >= 11 is 0. The first-order chi connectivity index (χ1) is 10.8. The van der Waals surface area contributed by atoms with E-state index in [1.54, 1.807) is 0 Å². The van der Waals surface area contributed by atoms with Crippen molar-refractivity contribution >= 4 is 5.97 Å². The highest BCUT2D eigenvalue weighted by Gasteiger charge is 1.92. The molecule has 0 aromatic rings. The van der Waals surface area contributed by atoms with E-state index in [2.05, 4.69) is 37.0 Å². The highest BCUT2D eigenvalue weighted by molar-refractivity contribution is 5.66. The van der Waals surface area contributed by atoms with E-state index in [4.69, 9.17) is 5.11 Å². The third kappa shape index (κ3) is 18.2. The topological polar surface area (TPSA) is 37.3 Å². The lowest BCUT2D eigenvalue weighted by Crippen LogP contribution is -1.92. The standard InChI is InChI=1S/C20H30O2/c1-2-3-4-5-6-7-8-9-10-11-12-13-14-15-16-17-18-19-20(21)22/h5-6,10-14,16H,2-4,7-9,17-19H2,1H3,(H,21,22)/b6-5+,11-10+,13-12+. The molecule has 0 aromatic heterocycles. The first-order valence-electron chi connectivity index (χ1n) is 8.37. The van der Waals surface area contributed by atoms with Gasteiger partial charge in [0.05, 0.1) is 0 Å². The Balaban J connectivity index is 3.53. The predicted octanol–water partition coefficient (Wildman–Crippen LogP) is 5.98. The van der Waals surface area contributed by atoms with Crippen LogP contribution in [0.4, 0.5) is 0 Å². The summed E-state index contributed by atoms with van der Waals surface area (Å²) in [7, 11) is 0. The van der Waals surface area contributed by atoms with Gasteiger partial charge in [0.1, 0.15) is 0 Å². The van der Waals surface area contributed by atoms with E-state index in [9.17, 15) is 4.79 Å². The molecule has 0 rings (SSSR count). The van der Waals surface area contributed by atoms with Crippen molar-refractivity contribution < 1.29 is 9.90 Å². The van der Waals surface area contributed by atoms with Crippen LogP contribution >= 0.6 is 0 Å². The van der Waals surface area contributed by atoms with Crippen molar-refractivity contribution in [2.24, 2.45) is 0 Å². The molecule has 0 aliphatic heterocycles. The van der Waals surface area contributed by atoms with Crippen molar-refractivity contribution in [3.05, 3.63) is 54.3 Å². The summed E-state index contributed by atoms with van der Waals surface area (Å²) in [5, 5.41) is 8.47. The first-order valence-corrected chi connectivity index (χ1v) is 8.37. The molecule has 1 N–H and O–H groups in total. The maximum absolute atomic E-state index is 10.3. The molecule has 0 spiro atoms. The number of allylic oxidation sites excluding steroid dienone is 7. The third-order valence-electron chi connectivity index (χ3n) is 3.04. The Morgan fingerprint density at radius 3 is 2.36 bits per heavy atom. The van der Waals surface area contributed by atoms with Crippen LogP contribution in [0.2, 0.25) is 0 Å². The minimum Gasteiger partial charge on any atom is -0.481 e. The van der Waals surface area contributed by atoms with Gasteiger partial charge in [0.2, 0.25) is 0 Å². The average Bonchev–Trinajstić information content (AvgIpc) is 2.50. The SMILES string of the molecule is CCCC/C=C/CCC/C=C/C=C/C=C=CCCCC(=O)O. The number of carbonyl (C=O) groups is 1. The van der Waals surface area contributed by atoms with Gasteiger partial charge in [0.25, 0.3) is 0 Å². The second kappa shape index (κ2) is 17.3. The van der Waals surface area contributed by atoms with Gasteiger partial charge in [0, 0.05) is 6.42 Å². The predicted molar refractivity (Wildman–Crippen MR) is 94.9 cm³/mol. The molecule has 0 saturated heterocycles. The molecular formula is C20H30O2. The van der Waals surface area contributed by atoms with Crippen molar-refractivity contribution in [2.45, 2.75) is 64.7 Å². The van der Waals surface area contributed by atoms with Gasteiger partial charge in [-0.2, -0.15) is 0 Å². The lowest BCUT2D eigenvalue weighted by atomic mass is 10.2. The Kier molecular flexibility index (Phi) is 15.9. The Labute approximate surface area is 135 Å². The number of carboxylic acid groups (broad SMARTS) is 1. The minimum atomic E-state index is -0.737. The van der Waals surface area contributed by atoms with Crippen LogP contribution in [-0.4, -0.2) is 11.1 Å². The zero-order chi connectivity index (χ0) is 16.3. The van der Waals surface area contributed by atoms with Gasteiger partial charge in [-0.3, -0.25) is 4.79 Å². The molecule has 22 heavy (non-hydrogen) atoms. The smallest absolute Gasteiger partial charge is 0.303 e. The highest BCUT2D eigenvalue weighted by atomic mass is 16.4. The van der Waals surface area contributed by atoms with Gasteiger partial charge < -0.3 is 5.11 Å². The van der Waals surface area contributed by atoms with Crippen LogP contribution in [0.1, 0.15) is 64.7 Å². The lowest BCUT2D eigenvalue weighted by molar-refractivity contribution is -0.137. The fourth-order valence-corrected chi connectivity index (χ4v) is 1.77. The maximum Gasteiger partial charge on any atom is 0.303 e. The summed E-state index contributed by atoms with van der Waals surface area (Å²) < 4.78 is 0. The fraction of sp³-hybridized carbons (Fsp3) is 0.500. The number of aliphatic carboxylic acids is 1. The molecular weight excluding hydrogens is 272 g/mol. The summed E-state index contributed by atoms with van der Waals surface area (Å²) in [6, 6.07) is 0. The van der Waals surface area contributed by atoms with E-state index < -0.39 is 5.97 Å². The van der Waals surface area contributed by atoms with Gasteiger partial charge in [-0.15, -0.1) is 5.73 Å². The Morgan fingerprint density at radius 1 is 0.909 bits per heavy atom. The van der Waals surface area contributed by atoms with E-state index in [-0.39, 0.29) is 6.42 Å². The van der Waals surface area contributed by atoms with Crippen LogP contribution in [0, 0.1) is 0 Å². The van der Waals surface area contributed by atoms with Crippen molar-refractivity contribution in [3.8, 4) is 0 Å². The van der Waals surface area contributed by atoms with Crippen LogP contribution < -0.4 is 0 Å². The molecule has 0 aliphatic rings. The molecule has 0 aliphatic carbocycles. The molecule has 2 nitrogen and oxygen atoms in total. The minimum absolute atomic E-state index is 0.227. The molecule has 0 fully saturated rings. The van der Waals surface area contributed by atoms with Crippen molar-refractivity contribution in [1.82, 2.24) is 0 Å². The van der Waals surface area contributed by atoms with E-state index in [0.29, 0.717) is 6.42 Å². The van der Waals surface area contributed by atoms with Crippen molar-refractivity contribution in [1.29, 1.82) is 0 Å². The molecule has 0 bridgehead atoms. The third-order valence-corrected chi connectivity index (χ3v) is 3.04. The molecule has 0 aromatic carbocycles. The van der Waals surface area contributed by atoms with E-state index in [1.807, 2.05) is 24.3 Å². The van der Waals surface area contributed by atoms with Gasteiger partial charge in [-0.05, 0) is 50.7 Å². The Hall–Kier alpha value is -1.79. The summed E-state index contributed by atoms with van der Waals surface area (Å²) in [5.74, 6) is -0.737. The number of unbranched alkanes of at least 4 members (excludes halogenated alkanes) is 5. The molecule has 0 unspecified atom stereocenters. The first kappa shape index (κ1) is 20.2. The number of hydrogen-bond donors (Lipinski definition) is 1. The maximum atomic E-state index is 10.3. The van der Waals surface area contributed by atoms with Gasteiger partial charge in [0.15, 0.2) is 0 Å². The summed E-state index contributed by atoms with van der Waals surface area (Å²) in [6.45, 7) is 2.22.